The van der Waals surface area contributed by atoms with Crippen molar-refractivity contribution in [2.75, 3.05) is 0 Å². The smallest absolute Gasteiger partial charge is 0.200 e. The van der Waals surface area contributed by atoms with Crippen LogP contribution in [0.25, 0.3) is 11.6 Å². The SMILES string of the molecule is Fc1c(F)c(F)c(C2=Cc3ccccc3C2)c(F)c1F. The van der Waals surface area contributed by atoms with E-state index in [1.807, 2.05) is 0 Å². The summed E-state index contributed by atoms with van der Waals surface area (Å²) in [4.78, 5) is 0. The molecule has 5 heteroatoms. The van der Waals surface area contributed by atoms with Crippen molar-refractivity contribution >= 4 is 11.6 Å². The predicted molar refractivity (Wildman–Crippen MR) is 64.2 cm³/mol. The maximum Gasteiger partial charge on any atom is 0.200 e. The van der Waals surface area contributed by atoms with Gasteiger partial charge in [-0.2, -0.15) is 0 Å². The summed E-state index contributed by atoms with van der Waals surface area (Å²) in [6, 6.07) is 6.93. The van der Waals surface area contributed by atoms with Gasteiger partial charge in [0.25, 0.3) is 0 Å². The molecular weight excluding hydrogens is 275 g/mol. The number of benzene rings is 2. The Morgan fingerprint density at radius 3 is 1.85 bits per heavy atom. The van der Waals surface area contributed by atoms with Crippen LogP contribution in [0.1, 0.15) is 16.7 Å². The average molecular weight is 282 g/mol. The molecule has 0 radical (unpaired) electrons. The lowest BCUT2D eigenvalue weighted by Crippen LogP contribution is -2.06. The fourth-order valence-corrected chi connectivity index (χ4v) is 2.33. The fraction of sp³-hybridized carbons (Fsp3) is 0.0667. The Bertz CT molecular complexity index is 717. The summed E-state index contributed by atoms with van der Waals surface area (Å²) < 4.78 is 66.8. The maximum atomic E-state index is 13.7. The van der Waals surface area contributed by atoms with Gasteiger partial charge in [0.05, 0.1) is 5.56 Å². The van der Waals surface area contributed by atoms with Gasteiger partial charge in [-0.15, -0.1) is 0 Å². The van der Waals surface area contributed by atoms with Gasteiger partial charge in [0, 0.05) is 0 Å². The van der Waals surface area contributed by atoms with E-state index >= 15 is 0 Å². The minimum absolute atomic E-state index is 0.0824. The van der Waals surface area contributed by atoms with E-state index in [0.29, 0.717) is 5.56 Å². The molecule has 3 rings (SSSR count). The highest BCUT2D eigenvalue weighted by Gasteiger charge is 2.29. The third-order valence-corrected chi connectivity index (χ3v) is 3.30. The number of fused-ring (bicyclic) bond motifs is 1. The van der Waals surface area contributed by atoms with Gasteiger partial charge in [0.15, 0.2) is 23.3 Å². The fourth-order valence-electron chi connectivity index (χ4n) is 2.33. The molecule has 0 saturated heterocycles. The zero-order chi connectivity index (χ0) is 14.4. The van der Waals surface area contributed by atoms with Crippen LogP contribution in [0.3, 0.4) is 0 Å². The van der Waals surface area contributed by atoms with E-state index in [4.69, 9.17) is 0 Å². The molecule has 0 fully saturated rings. The number of rotatable bonds is 1. The highest BCUT2D eigenvalue weighted by Crippen LogP contribution is 2.36. The van der Waals surface area contributed by atoms with E-state index in [-0.39, 0.29) is 12.0 Å². The van der Waals surface area contributed by atoms with Crippen LogP contribution in [0.15, 0.2) is 24.3 Å². The molecule has 1 aliphatic rings. The van der Waals surface area contributed by atoms with Crippen LogP contribution >= 0.6 is 0 Å². The third kappa shape index (κ3) is 1.73. The van der Waals surface area contributed by atoms with Gasteiger partial charge < -0.3 is 0 Å². The Morgan fingerprint density at radius 1 is 0.700 bits per heavy atom. The van der Waals surface area contributed by atoms with Crippen LogP contribution in [0.5, 0.6) is 0 Å². The molecule has 0 aliphatic heterocycles. The summed E-state index contributed by atoms with van der Waals surface area (Å²) in [5.74, 6) is -9.56. The van der Waals surface area contributed by atoms with E-state index in [0.717, 1.165) is 5.56 Å². The molecule has 20 heavy (non-hydrogen) atoms. The molecule has 0 aromatic heterocycles. The lowest BCUT2D eigenvalue weighted by atomic mass is 10.0. The molecule has 0 spiro atoms. The Morgan fingerprint density at radius 2 is 1.25 bits per heavy atom. The minimum Gasteiger partial charge on any atom is -0.203 e. The number of hydrogen-bond donors (Lipinski definition) is 0. The van der Waals surface area contributed by atoms with Gasteiger partial charge in [-0.25, -0.2) is 22.0 Å². The molecule has 0 amide bonds. The highest BCUT2D eigenvalue weighted by molar-refractivity contribution is 5.88. The van der Waals surface area contributed by atoms with Gasteiger partial charge >= 0.3 is 0 Å². The van der Waals surface area contributed by atoms with Gasteiger partial charge in [-0.05, 0) is 23.1 Å². The van der Waals surface area contributed by atoms with Crippen LogP contribution in [-0.4, -0.2) is 0 Å². The first-order valence-electron chi connectivity index (χ1n) is 5.81. The molecular formula is C15H7F5. The van der Waals surface area contributed by atoms with E-state index in [1.165, 1.54) is 6.08 Å². The molecule has 2 aromatic rings. The number of halogens is 5. The lowest BCUT2D eigenvalue weighted by Gasteiger charge is -2.09. The normalized spacial score (nSPS) is 13.3. The van der Waals surface area contributed by atoms with Gasteiger partial charge in [-0.1, -0.05) is 30.3 Å². The van der Waals surface area contributed by atoms with E-state index in [1.54, 1.807) is 24.3 Å². The molecule has 1 aliphatic carbocycles. The van der Waals surface area contributed by atoms with Crippen molar-refractivity contribution in [3.8, 4) is 0 Å². The second-order valence-electron chi connectivity index (χ2n) is 4.49. The largest absolute Gasteiger partial charge is 0.203 e. The molecule has 0 bridgehead atoms. The Kier molecular flexibility index (Phi) is 2.85. The van der Waals surface area contributed by atoms with Crippen LogP contribution in [0.2, 0.25) is 0 Å². The van der Waals surface area contributed by atoms with Crippen molar-refractivity contribution in [3.63, 3.8) is 0 Å². The zero-order valence-corrected chi connectivity index (χ0v) is 9.98. The monoisotopic (exact) mass is 282 g/mol. The van der Waals surface area contributed by atoms with Gasteiger partial charge in [-0.3, -0.25) is 0 Å². The Labute approximate surface area is 111 Å². The average Bonchev–Trinajstić information content (AvgIpc) is 2.86. The van der Waals surface area contributed by atoms with Crippen molar-refractivity contribution in [1.82, 2.24) is 0 Å². The summed E-state index contributed by atoms with van der Waals surface area (Å²) in [6.07, 6.45) is 1.57. The summed E-state index contributed by atoms with van der Waals surface area (Å²) in [5, 5.41) is 0. The first-order chi connectivity index (χ1) is 9.50. The van der Waals surface area contributed by atoms with Crippen LogP contribution < -0.4 is 0 Å². The summed E-state index contributed by atoms with van der Waals surface area (Å²) in [6.45, 7) is 0. The van der Waals surface area contributed by atoms with Gasteiger partial charge in [0.1, 0.15) is 0 Å². The Balaban J connectivity index is 2.19. The third-order valence-electron chi connectivity index (χ3n) is 3.30. The molecule has 0 atom stereocenters. The standard InChI is InChI=1S/C15H7F5/c16-11-10(12(17)14(19)15(20)13(11)18)9-5-7-3-1-2-4-8(7)6-9/h1-5H,6H2. The molecule has 0 nitrogen and oxygen atoms in total. The lowest BCUT2D eigenvalue weighted by molar-refractivity contribution is 0.376. The maximum absolute atomic E-state index is 13.7. The van der Waals surface area contributed by atoms with Crippen molar-refractivity contribution in [2.45, 2.75) is 6.42 Å². The molecule has 0 unspecified atom stereocenters. The summed E-state index contributed by atoms with van der Waals surface area (Å²) >= 11 is 0. The first kappa shape index (κ1) is 12.8. The number of hydrogen-bond acceptors (Lipinski definition) is 0. The Hall–Kier alpha value is -2.17. The molecule has 102 valence electrons. The predicted octanol–water partition coefficient (Wildman–Crippen LogP) is 4.48. The van der Waals surface area contributed by atoms with Crippen molar-refractivity contribution in [3.05, 3.63) is 70.0 Å². The topological polar surface area (TPSA) is 0 Å². The van der Waals surface area contributed by atoms with Gasteiger partial charge in [0.2, 0.25) is 5.82 Å². The quantitative estimate of drug-likeness (QED) is 0.411. The van der Waals surface area contributed by atoms with Crippen molar-refractivity contribution in [2.24, 2.45) is 0 Å². The van der Waals surface area contributed by atoms with Crippen molar-refractivity contribution in [1.29, 1.82) is 0 Å². The minimum atomic E-state index is -2.14. The second kappa shape index (κ2) is 4.44. The molecule has 0 heterocycles. The number of allylic oxidation sites excluding steroid dienone is 1. The highest BCUT2D eigenvalue weighted by atomic mass is 19.2. The molecule has 0 saturated carbocycles. The first-order valence-corrected chi connectivity index (χ1v) is 5.81. The van der Waals surface area contributed by atoms with Crippen molar-refractivity contribution < 1.29 is 22.0 Å². The summed E-state index contributed by atoms with van der Waals surface area (Å²) in [5.41, 5.74) is 0.731. The van der Waals surface area contributed by atoms with Crippen LogP contribution in [-0.2, 0) is 6.42 Å². The van der Waals surface area contributed by atoms with E-state index in [2.05, 4.69) is 0 Å². The van der Waals surface area contributed by atoms with Crippen LogP contribution in [0.4, 0.5) is 22.0 Å². The van der Waals surface area contributed by atoms with E-state index < -0.39 is 34.6 Å². The molecule has 2 aromatic carbocycles. The molecule has 0 N–H and O–H groups in total. The zero-order valence-electron chi connectivity index (χ0n) is 9.98. The second-order valence-corrected chi connectivity index (χ2v) is 4.49. The van der Waals surface area contributed by atoms with E-state index in [9.17, 15) is 22.0 Å². The summed E-state index contributed by atoms with van der Waals surface area (Å²) in [7, 11) is 0. The van der Waals surface area contributed by atoms with Crippen LogP contribution in [0, 0.1) is 29.1 Å².